The lowest BCUT2D eigenvalue weighted by molar-refractivity contribution is 0.0337. The van der Waals surface area contributed by atoms with Gasteiger partial charge in [0.25, 0.3) is 0 Å². The van der Waals surface area contributed by atoms with Crippen LogP contribution in [0.4, 0.5) is 0 Å². The largest absolute Gasteiger partial charge is 0.490 e. The second-order valence-corrected chi connectivity index (χ2v) is 8.25. The van der Waals surface area contributed by atoms with Crippen LogP contribution in [0.1, 0.15) is 25.7 Å². The smallest absolute Gasteiger partial charge is 0.136 e. The van der Waals surface area contributed by atoms with Crippen LogP contribution in [0.5, 0.6) is 5.75 Å². The van der Waals surface area contributed by atoms with Gasteiger partial charge in [-0.2, -0.15) is 0 Å². The maximum atomic E-state index is 10.3. The summed E-state index contributed by atoms with van der Waals surface area (Å²) in [5.41, 5.74) is 1.80. The molecule has 2 aliphatic rings. The number of hydrogen-bond acceptors (Lipinski definition) is 6. The summed E-state index contributed by atoms with van der Waals surface area (Å²) in [7, 11) is 0. The first-order chi connectivity index (χ1) is 12.6. The Hall–Kier alpha value is -1.22. The average Bonchev–Trinajstić information content (AvgIpc) is 3.35. The number of rotatable bonds is 7. The van der Waals surface area contributed by atoms with Crippen molar-refractivity contribution in [1.29, 1.82) is 0 Å². The lowest BCUT2D eigenvalue weighted by atomic mass is 10.1. The van der Waals surface area contributed by atoms with E-state index in [1.807, 2.05) is 16.8 Å². The number of halogens is 1. The number of aliphatic hydroxyl groups excluding tert-OH is 2. The van der Waals surface area contributed by atoms with Crippen molar-refractivity contribution >= 4 is 27.0 Å². The van der Waals surface area contributed by atoms with Crippen molar-refractivity contribution in [2.45, 2.75) is 44.4 Å². The predicted molar refractivity (Wildman–Crippen MR) is 101 cm³/mol. The molecule has 2 aromatic rings. The lowest BCUT2D eigenvalue weighted by Gasteiger charge is -2.30. The molecule has 1 unspecified atom stereocenters. The number of fused-ring (bicyclic) bond motifs is 1. The number of likely N-dealkylation sites (tertiary alicyclic amines) is 1. The van der Waals surface area contributed by atoms with E-state index >= 15 is 0 Å². The first-order valence-corrected chi connectivity index (χ1v) is 10.1. The van der Waals surface area contributed by atoms with Crippen LogP contribution in [-0.2, 0) is 6.54 Å². The molecule has 26 heavy (non-hydrogen) atoms. The van der Waals surface area contributed by atoms with E-state index in [9.17, 15) is 10.2 Å². The fraction of sp³-hybridized carbons (Fsp3) is 0.667. The normalized spacial score (nSPS) is 20.6. The summed E-state index contributed by atoms with van der Waals surface area (Å²) in [6, 6.07) is 3.89. The number of hydrogen-bond donors (Lipinski definition) is 2. The standard InChI is InChI=1S/C18H25BrN4O3/c19-17-16(26-11-14(25)10-22-7-5-13(24)6-8-22)4-3-15-18(17)20-21-23(15)9-12-1-2-12/h3-4,12-14,24-25H,1-2,5-11H2. The number of aliphatic hydroxyl groups is 2. The van der Waals surface area contributed by atoms with Crippen molar-refractivity contribution < 1.29 is 14.9 Å². The minimum atomic E-state index is -0.571. The van der Waals surface area contributed by atoms with E-state index in [1.54, 1.807) is 0 Å². The van der Waals surface area contributed by atoms with Crippen LogP contribution in [0.15, 0.2) is 16.6 Å². The summed E-state index contributed by atoms with van der Waals surface area (Å²) >= 11 is 3.57. The highest BCUT2D eigenvalue weighted by Gasteiger charge is 2.24. The summed E-state index contributed by atoms with van der Waals surface area (Å²) in [4.78, 5) is 2.17. The first-order valence-electron chi connectivity index (χ1n) is 9.33. The number of benzene rings is 1. The molecule has 8 heteroatoms. The van der Waals surface area contributed by atoms with E-state index in [0.29, 0.717) is 12.3 Å². The Morgan fingerprint density at radius 3 is 2.73 bits per heavy atom. The zero-order valence-electron chi connectivity index (χ0n) is 14.7. The Morgan fingerprint density at radius 1 is 1.23 bits per heavy atom. The third-order valence-corrected chi connectivity index (χ3v) is 5.94. The topological polar surface area (TPSA) is 83.6 Å². The molecule has 1 saturated carbocycles. The molecule has 2 heterocycles. The highest BCUT2D eigenvalue weighted by molar-refractivity contribution is 9.10. The Bertz CT molecular complexity index is 756. The molecule has 1 aliphatic heterocycles. The average molecular weight is 425 g/mol. The van der Waals surface area contributed by atoms with Crippen LogP contribution >= 0.6 is 15.9 Å². The van der Waals surface area contributed by atoms with Crippen LogP contribution in [0.2, 0.25) is 0 Å². The first kappa shape index (κ1) is 18.2. The molecule has 0 amide bonds. The molecule has 1 aromatic heterocycles. The molecule has 0 bridgehead atoms. The van der Waals surface area contributed by atoms with Crippen LogP contribution in [0.25, 0.3) is 11.0 Å². The zero-order valence-corrected chi connectivity index (χ0v) is 16.3. The van der Waals surface area contributed by atoms with Gasteiger partial charge in [0.1, 0.15) is 24.0 Å². The van der Waals surface area contributed by atoms with E-state index in [1.165, 1.54) is 12.8 Å². The van der Waals surface area contributed by atoms with Gasteiger partial charge < -0.3 is 19.8 Å². The second-order valence-electron chi connectivity index (χ2n) is 7.46. The third kappa shape index (κ3) is 4.19. The van der Waals surface area contributed by atoms with Gasteiger partial charge in [-0.1, -0.05) is 5.21 Å². The van der Waals surface area contributed by atoms with Gasteiger partial charge in [-0.3, -0.25) is 0 Å². The van der Waals surface area contributed by atoms with Gasteiger partial charge in [0.2, 0.25) is 0 Å². The molecule has 2 fully saturated rings. The lowest BCUT2D eigenvalue weighted by Crippen LogP contribution is -2.41. The third-order valence-electron chi connectivity index (χ3n) is 5.18. The van der Waals surface area contributed by atoms with E-state index in [-0.39, 0.29) is 12.7 Å². The van der Waals surface area contributed by atoms with Crippen LogP contribution in [0, 0.1) is 5.92 Å². The van der Waals surface area contributed by atoms with Crippen molar-refractivity contribution in [3.63, 3.8) is 0 Å². The molecule has 1 saturated heterocycles. The Kier molecular flexibility index (Phi) is 5.45. The maximum absolute atomic E-state index is 10.3. The molecule has 1 atom stereocenters. The van der Waals surface area contributed by atoms with Gasteiger partial charge in [-0.25, -0.2) is 4.68 Å². The minimum absolute atomic E-state index is 0.198. The van der Waals surface area contributed by atoms with Gasteiger partial charge in [0, 0.05) is 26.2 Å². The fourth-order valence-electron chi connectivity index (χ4n) is 3.42. The SMILES string of the molecule is OC1CCN(CC(O)COc2ccc3c(nnn3CC3CC3)c2Br)CC1. The molecule has 1 aliphatic carbocycles. The van der Waals surface area contributed by atoms with Crippen molar-refractivity contribution in [2.75, 3.05) is 26.2 Å². The molecule has 0 spiro atoms. The Morgan fingerprint density at radius 2 is 2.00 bits per heavy atom. The molecule has 7 nitrogen and oxygen atoms in total. The van der Waals surface area contributed by atoms with Crippen LogP contribution < -0.4 is 4.74 Å². The van der Waals surface area contributed by atoms with Crippen LogP contribution in [0.3, 0.4) is 0 Å². The predicted octanol–water partition coefficient (Wildman–Crippen LogP) is 1.80. The van der Waals surface area contributed by atoms with Crippen LogP contribution in [-0.4, -0.2) is 68.6 Å². The molecule has 2 N–H and O–H groups in total. The number of β-amino-alcohol motifs (C(OH)–C–C–N with tert-alkyl or cyclic N) is 1. The molecule has 1 aromatic carbocycles. The summed E-state index contributed by atoms with van der Waals surface area (Å²) in [6.45, 7) is 3.34. The number of aromatic nitrogens is 3. The monoisotopic (exact) mass is 424 g/mol. The Labute approximate surface area is 161 Å². The quantitative estimate of drug-likeness (QED) is 0.704. The summed E-state index contributed by atoms with van der Waals surface area (Å²) in [5, 5.41) is 28.4. The van der Waals surface area contributed by atoms with Gasteiger partial charge in [0.15, 0.2) is 0 Å². The molecule has 4 rings (SSSR count). The maximum Gasteiger partial charge on any atom is 0.136 e. The number of ether oxygens (including phenoxy) is 1. The summed E-state index contributed by atoms with van der Waals surface area (Å²) < 4.78 is 8.56. The van der Waals surface area contributed by atoms with Crippen molar-refractivity contribution in [3.05, 3.63) is 16.6 Å². The molecular formula is C18H25BrN4O3. The van der Waals surface area contributed by atoms with E-state index < -0.39 is 6.10 Å². The number of piperidine rings is 1. The van der Waals surface area contributed by atoms with Gasteiger partial charge in [-0.05, 0) is 59.7 Å². The van der Waals surface area contributed by atoms with Crippen molar-refractivity contribution in [3.8, 4) is 5.75 Å². The summed E-state index contributed by atoms with van der Waals surface area (Å²) in [6.07, 6.45) is 3.32. The van der Waals surface area contributed by atoms with E-state index in [0.717, 1.165) is 53.9 Å². The molecule has 0 radical (unpaired) electrons. The molecular weight excluding hydrogens is 400 g/mol. The summed E-state index contributed by atoms with van der Waals surface area (Å²) in [5.74, 6) is 1.41. The van der Waals surface area contributed by atoms with Crippen molar-refractivity contribution in [1.82, 2.24) is 19.9 Å². The van der Waals surface area contributed by atoms with E-state index in [4.69, 9.17) is 4.74 Å². The van der Waals surface area contributed by atoms with E-state index in [2.05, 4.69) is 31.1 Å². The second kappa shape index (κ2) is 7.80. The minimum Gasteiger partial charge on any atom is -0.490 e. The van der Waals surface area contributed by atoms with Gasteiger partial charge >= 0.3 is 0 Å². The molecule has 142 valence electrons. The fourth-order valence-corrected chi connectivity index (χ4v) is 3.95. The highest BCUT2D eigenvalue weighted by Crippen LogP contribution is 2.34. The zero-order chi connectivity index (χ0) is 18.1. The van der Waals surface area contributed by atoms with Gasteiger partial charge in [0.05, 0.1) is 16.1 Å². The highest BCUT2D eigenvalue weighted by atomic mass is 79.9. The van der Waals surface area contributed by atoms with Gasteiger partial charge in [-0.15, -0.1) is 5.10 Å². The van der Waals surface area contributed by atoms with Crippen molar-refractivity contribution in [2.24, 2.45) is 5.92 Å². The Balaban J connectivity index is 1.35. The number of nitrogens with zero attached hydrogens (tertiary/aromatic N) is 4.